The van der Waals surface area contributed by atoms with Gasteiger partial charge in [-0.2, -0.15) is 0 Å². The maximum Gasteiger partial charge on any atom is 0.130 e. The molecule has 0 saturated heterocycles. The van der Waals surface area contributed by atoms with E-state index in [1.54, 1.807) is 6.20 Å². The smallest absolute Gasteiger partial charge is 0.130 e. The Bertz CT molecular complexity index is 514. The van der Waals surface area contributed by atoms with Gasteiger partial charge in [0, 0.05) is 17.2 Å². The van der Waals surface area contributed by atoms with Gasteiger partial charge in [-0.1, -0.05) is 19.1 Å². The van der Waals surface area contributed by atoms with E-state index in [1.807, 2.05) is 24.3 Å². The number of halogens is 1. The fourth-order valence-electron chi connectivity index (χ4n) is 1.66. The van der Waals surface area contributed by atoms with Gasteiger partial charge in [0.05, 0.1) is 5.69 Å². The molecule has 0 atom stereocenters. The highest BCUT2D eigenvalue weighted by atomic mass is 79.9. The van der Waals surface area contributed by atoms with Crippen LogP contribution < -0.4 is 10.1 Å². The van der Waals surface area contributed by atoms with Crippen molar-refractivity contribution in [3.05, 3.63) is 58.3 Å². The maximum absolute atomic E-state index is 5.75. The molecule has 0 unspecified atom stereocenters. The van der Waals surface area contributed by atoms with Crippen LogP contribution in [-0.2, 0) is 13.2 Å². The van der Waals surface area contributed by atoms with Gasteiger partial charge in [-0.25, -0.2) is 0 Å². The maximum atomic E-state index is 5.75. The summed E-state index contributed by atoms with van der Waals surface area (Å²) in [5, 5.41) is 3.30. The molecule has 2 rings (SSSR count). The van der Waals surface area contributed by atoms with Crippen LogP contribution in [0.3, 0.4) is 0 Å². The van der Waals surface area contributed by atoms with Crippen molar-refractivity contribution in [1.82, 2.24) is 10.3 Å². The predicted molar refractivity (Wildman–Crippen MR) is 80.1 cm³/mol. The van der Waals surface area contributed by atoms with Crippen LogP contribution in [0.25, 0.3) is 0 Å². The van der Waals surface area contributed by atoms with Gasteiger partial charge in [0.15, 0.2) is 0 Å². The first-order valence-corrected chi connectivity index (χ1v) is 7.10. The number of hydrogen-bond donors (Lipinski definition) is 1. The molecule has 0 aliphatic rings. The minimum atomic E-state index is 0.484. The number of hydrogen-bond acceptors (Lipinski definition) is 3. The van der Waals surface area contributed by atoms with Crippen LogP contribution in [-0.4, -0.2) is 11.5 Å². The lowest BCUT2D eigenvalue weighted by Crippen LogP contribution is -2.11. The van der Waals surface area contributed by atoms with Crippen LogP contribution >= 0.6 is 15.9 Å². The highest BCUT2D eigenvalue weighted by Gasteiger charge is 1.99. The van der Waals surface area contributed by atoms with Gasteiger partial charge >= 0.3 is 0 Å². The third-order valence-electron chi connectivity index (χ3n) is 2.65. The van der Waals surface area contributed by atoms with Gasteiger partial charge in [-0.3, -0.25) is 4.98 Å². The highest BCUT2D eigenvalue weighted by Crippen LogP contribution is 2.15. The molecule has 0 aliphatic carbocycles. The third-order valence-corrected chi connectivity index (χ3v) is 3.12. The normalized spacial score (nSPS) is 10.4. The number of aromatic nitrogens is 1. The average Bonchev–Trinajstić information content (AvgIpc) is 2.45. The zero-order valence-corrected chi connectivity index (χ0v) is 12.5. The minimum Gasteiger partial charge on any atom is -0.487 e. The molecule has 0 fully saturated rings. The van der Waals surface area contributed by atoms with Crippen LogP contribution in [0.4, 0.5) is 0 Å². The van der Waals surface area contributed by atoms with Gasteiger partial charge in [-0.05, 0) is 52.3 Å². The molecule has 2 aromatic rings. The van der Waals surface area contributed by atoms with E-state index in [9.17, 15) is 0 Å². The lowest BCUT2D eigenvalue weighted by atomic mass is 10.2. The number of benzene rings is 1. The first kappa shape index (κ1) is 14.0. The molecule has 3 nitrogen and oxygen atoms in total. The Kier molecular flexibility index (Phi) is 5.36. The zero-order valence-electron chi connectivity index (χ0n) is 10.9. The first-order chi connectivity index (χ1) is 9.28. The highest BCUT2D eigenvalue weighted by molar-refractivity contribution is 9.10. The fourth-order valence-corrected chi connectivity index (χ4v) is 1.90. The largest absolute Gasteiger partial charge is 0.487 e. The molecule has 100 valence electrons. The number of pyridine rings is 1. The van der Waals surface area contributed by atoms with Crippen molar-refractivity contribution in [1.29, 1.82) is 0 Å². The molecule has 4 heteroatoms. The van der Waals surface area contributed by atoms with E-state index < -0.39 is 0 Å². The van der Waals surface area contributed by atoms with Crippen molar-refractivity contribution in [3.8, 4) is 5.75 Å². The molecule has 1 aromatic heterocycles. The molecule has 0 radical (unpaired) electrons. The Hall–Kier alpha value is -1.39. The molecule has 0 saturated carbocycles. The van der Waals surface area contributed by atoms with E-state index in [4.69, 9.17) is 4.74 Å². The van der Waals surface area contributed by atoms with E-state index in [0.29, 0.717) is 6.61 Å². The summed E-state index contributed by atoms with van der Waals surface area (Å²) in [7, 11) is 0. The molecule has 19 heavy (non-hydrogen) atoms. The summed E-state index contributed by atoms with van der Waals surface area (Å²) in [5.74, 6) is 0.875. The standard InChI is InChI=1S/C15H17BrN2O/c1-2-17-9-12-4-3-5-15(8-12)19-11-14-7-6-13(16)10-18-14/h3-8,10,17H,2,9,11H2,1H3. The van der Waals surface area contributed by atoms with Crippen LogP contribution in [0.5, 0.6) is 5.75 Å². The van der Waals surface area contributed by atoms with E-state index >= 15 is 0 Å². The summed E-state index contributed by atoms with van der Waals surface area (Å²) < 4.78 is 6.72. The molecule has 1 N–H and O–H groups in total. The van der Waals surface area contributed by atoms with Crippen LogP contribution in [0.1, 0.15) is 18.2 Å². The van der Waals surface area contributed by atoms with Crippen molar-refractivity contribution < 1.29 is 4.74 Å². The van der Waals surface area contributed by atoms with E-state index in [-0.39, 0.29) is 0 Å². The predicted octanol–water partition coefficient (Wildman–Crippen LogP) is 3.53. The van der Waals surface area contributed by atoms with Crippen LogP contribution in [0.15, 0.2) is 47.1 Å². The van der Waals surface area contributed by atoms with Gasteiger partial charge < -0.3 is 10.1 Å². The zero-order chi connectivity index (χ0) is 13.5. The number of nitrogens with one attached hydrogen (secondary N) is 1. The molecule has 0 amide bonds. The van der Waals surface area contributed by atoms with Crippen molar-refractivity contribution in [2.75, 3.05) is 6.54 Å². The molecule has 0 spiro atoms. The Morgan fingerprint density at radius 2 is 2.16 bits per heavy atom. The van der Waals surface area contributed by atoms with Crippen molar-refractivity contribution >= 4 is 15.9 Å². The number of nitrogens with zero attached hydrogens (tertiary/aromatic N) is 1. The van der Waals surface area contributed by atoms with Crippen molar-refractivity contribution in [2.24, 2.45) is 0 Å². The molecule has 0 bridgehead atoms. The molecular weight excluding hydrogens is 304 g/mol. The second-order valence-electron chi connectivity index (χ2n) is 4.18. The first-order valence-electron chi connectivity index (χ1n) is 6.31. The van der Waals surface area contributed by atoms with Crippen molar-refractivity contribution in [3.63, 3.8) is 0 Å². The summed E-state index contributed by atoms with van der Waals surface area (Å²) in [4.78, 5) is 4.28. The number of rotatable bonds is 6. The summed E-state index contributed by atoms with van der Waals surface area (Å²) in [6, 6.07) is 12.0. The van der Waals surface area contributed by atoms with E-state index in [1.165, 1.54) is 5.56 Å². The van der Waals surface area contributed by atoms with Gasteiger partial charge in [0.1, 0.15) is 12.4 Å². The molecule has 1 heterocycles. The Labute approximate surface area is 122 Å². The van der Waals surface area contributed by atoms with E-state index in [0.717, 1.165) is 29.0 Å². The second kappa shape index (κ2) is 7.26. The van der Waals surface area contributed by atoms with E-state index in [2.05, 4.69) is 45.3 Å². The topological polar surface area (TPSA) is 34.1 Å². The molecule has 0 aliphatic heterocycles. The summed E-state index contributed by atoms with van der Waals surface area (Å²) in [6.45, 7) is 4.41. The summed E-state index contributed by atoms with van der Waals surface area (Å²) >= 11 is 3.36. The quantitative estimate of drug-likeness (QED) is 0.884. The summed E-state index contributed by atoms with van der Waals surface area (Å²) in [5.41, 5.74) is 2.14. The van der Waals surface area contributed by atoms with Gasteiger partial charge in [-0.15, -0.1) is 0 Å². The Balaban J connectivity index is 1.93. The lowest BCUT2D eigenvalue weighted by Gasteiger charge is -2.08. The monoisotopic (exact) mass is 320 g/mol. The van der Waals surface area contributed by atoms with Crippen LogP contribution in [0.2, 0.25) is 0 Å². The molecule has 1 aromatic carbocycles. The van der Waals surface area contributed by atoms with Gasteiger partial charge in [0.2, 0.25) is 0 Å². The van der Waals surface area contributed by atoms with Crippen molar-refractivity contribution in [2.45, 2.75) is 20.1 Å². The minimum absolute atomic E-state index is 0.484. The van der Waals surface area contributed by atoms with Crippen LogP contribution in [0, 0.1) is 0 Å². The second-order valence-corrected chi connectivity index (χ2v) is 5.10. The lowest BCUT2D eigenvalue weighted by molar-refractivity contribution is 0.301. The third kappa shape index (κ3) is 4.65. The Morgan fingerprint density at radius 1 is 1.26 bits per heavy atom. The number of ether oxygens (including phenoxy) is 1. The SMILES string of the molecule is CCNCc1cccc(OCc2ccc(Br)cn2)c1. The Morgan fingerprint density at radius 3 is 2.89 bits per heavy atom. The fraction of sp³-hybridized carbons (Fsp3) is 0.267. The summed E-state index contributed by atoms with van der Waals surface area (Å²) in [6.07, 6.45) is 1.78. The van der Waals surface area contributed by atoms with Gasteiger partial charge in [0.25, 0.3) is 0 Å². The molecular formula is C15H17BrN2O. The average molecular weight is 321 g/mol.